The van der Waals surface area contributed by atoms with Gasteiger partial charge >= 0.3 is 0 Å². The van der Waals surface area contributed by atoms with Gasteiger partial charge in [-0.3, -0.25) is 9.59 Å². The van der Waals surface area contributed by atoms with E-state index in [9.17, 15) is 9.59 Å². The van der Waals surface area contributed by atoms with E-state index in [2.05, 4.69) is 11.4 Å². The molecule has 0 spiro atoms. The number of hydrogen-bond donors (Lipinski definition) is 1. The summed E-state index contributed by atoms with van der Waals surface area (Å²) in [5.74, 6) is -0.644. The Morgan fingerprint density at radius 3 is 1.94 bits per heavy atom. The summed E-state index contributed by atoms with van der Waals surface area (Å²) < 4.78 is 0. The molecule has 4 rings (SSSR count). The maximum absolute atomic E-state index is 13.7. The van der Waals surface area contributed by atoms with Crippen molar-refractivity contribution in [3.05, 3.63) is 99.2 Å². The Bertz CT molecular complexity index is 1280. The Morgan fingerprint density at radius 2 is 1.28 bits per heavy atom. The van der Waals surface area contributed by atoms with Crippen molar-refractivity contribution in [2.45, 2.75) is 41.5 Å². The molecule has 1 aliphatic heterocycles. The second-order valence-corrected chi connectivity index (χ2v) is 8.79. The molecule has 0 saturated heterocycles. The lowest BCUT2D eigenvalue weighted by atomic mass is 9.99. The third-order valence-electron chi connectivity index (χ3n) is 5.98. The van der Waals surface area contributed by atoms with E-state index in [1.165, 1.54) is 4.90 Å². The van der Waals surface area contributed by atoms with Gasteiger partial charge in [0.15, 0.2) is 0 Å². The highest BCUT2D eigenvalue weighted by Gasteiger charge is 2.41. The monoisotopic (exact) mass is 424 g/mol. The topological polar surface area (TPSA) is 49.4 Å². The first-order valence-corrected chi connectivity index (χ1v) is 10.8. The van der Waals surface area contributed by atoms with Crippen molar-refractivity contribution in [2.24, 2.45) is 0 Å². The zero-order valence-corrected chi connectivity index (χ0v) is 19.5. The molecule has 0 atom stereocenters. The Morgan fingerprint density at radius 1 is 0.625 bits per heavy atom. The molecule has 0 saturated carbocycles. The molecule has 1 N–H and O–H groups in total. The Balaban J connectivity index is 1.89. The molecule has 3 aromatic rings. The normalized spacial score (nSPS) is 13.9. The smallest absolute Gasteiger partial charge is 0.282 e. The van der Waals surface area contributed by atoms with Crippen LogP contribution in [0, 0.1) is 41.5 Å². The molecular weight excluding hydrogens is 396 g/mol. The standard InChI is InChI=1S/C28H28N2O2/c1-16-7-8-20(5)24(14-16)30-27(31)25(22-10-9-19(4)21(6)15-22)26(28(30)32)29-23-12-17(2)11-18(3)13-23/h7-15,29H,1-6H3. The van der Waals surface area contributed by atoms with Crippen LogP contribution in [0.4, 0.5) is 11.4 Å². The molecular formula is C28H28N2O2. The van der Waals surface area contributed by atoms with Crippen molar-refractivity contribution in [1.82, 2.24) is 0 Å². The summed E-state index contributed by atoms with van der Waals surface area (Å²) >= 11 is 0. The highest BCUT2D eigenvalue weighted by molar-refractivity contribution is 6.46. The fourth-order valence-corrected chi connectivity index (χ4v) is 4.18. The van der Waals surface area contributed by atoms with Gasteiger partial charge in [0.1, 0.15) is 5.70 Å². The van der Waals surface area contributed by atoms with Gasteiger partial charge in [-0.05, 0) is 98.7 Å². The third kappa shape index (κ3) is 3.84. The number of carbonyl (C=O) groups is 2. The van der Waals surface area contributed by atoms with Gasteiger partial charge in [0, 0.05) is 5.69 Å². The summed E-state index contributed by atoms with van der Waals surface area (Å²) in [4.78, 5) is 28.7. The Kier molecular flexibility index (Phi) is 5.47. The van der Waals surface area contributed by atoms with Gasteiger partial charge in [0.2, 0.25) is 0 Å². The number of benzene rings is 3. The number of hydrogen-bond acceptors (Lipinski definition) is 3. The largest absolute Gasteiger partial charge is 0.350 e. The summed E-state index contributed by atoms with van der Waals surface area (Å²) in [6.45, 7) is 12.0. The predicted molar refractivity (Wildman–Crippen MR) is 131 cm³/mol. The molecule has 2 amide bonds. The van der Waals surface area contributed by atoms with Crippen LogP contribution in [0.15, 0.2) is 60.3 Å². The lowest BCUT2D eigenvalue weighted by molar-refractivity contribution is -0.120. The number of aryl methyl sites for hydroxylation is 6. The van der Waals surface area contributed by atoms with Gasteiger partial charge < -0.3 is 5.32 Å². The Labute approximate surface area is 189 Å². The molecule has 162 valence electrons. The minimum absolute atomic E-state index is 0.307. The SMILES string of the molecule is Cc1cc(C)cc(NC2=C(c3ccc(C)c(C)c3)C(=O)N(c3cc(C)ccc3C)C2=O)c1. The summed E-state index contributed by atoms with van der Waals surface area (Å²) in [5.41, 5.74) is 9.13. The second-order valence-electron chi connectivity index (χ2n) is 8.79. The molecule has 1 heterocycles. The summed E-state index contributed by atoms with van der Waals surface area (Å²) in [7, 11) is 0. The number of rotatable bonds is 4. The van der Waals surface area contributed by atoms with Crippen molar-refractivity contribution >= 4 is 28.8 Å². The highest BCUT2D eigenvalue weighted by atomic mass is 16.2. The van der Waals surface area contributed by atoms with E-state index >= 15 is 0 Å². The van der Waals surface area contributed by atoms with E-state index in [0.717, 1.165) is 44.6 Å². The minimum Gasteiger partial charge on any atom is -0.350 e. The van der Waals surface area contributed by atoms with Crippen molar-refractivity contribution in [3.8, 4) is 0 Å². The summed E-state index contributed by atoms with van der Waals surface area (Å²) in [5, 5.41) is 3.29. The van der Waals surface area contributed by atoms with E-state index in [1.807, 2.05) is 90.1 Å². The zero-order chi connectivity index (χ0) is 23.2. The molecule has 4 nitrogen and oxygen atoms in total. The quantitative estimate of drug-likeness (QED) is 0.528. The molecule has 0 fully saturated rings. The van der Waals surface area contributed by atoms with Crippen LogP contribution in [-0.4, -0.2) is 11.8 Å². The fraction of sp³-hybridized carbons (Fsp3) is 0.214. The van der Waals surface area contributed by atoms with E-state index in [-0.39, 0.29) is 11.8 Å². The van der Waals surface area contributed by atoms with E-state index in [4.69, 9.17) is 0 Å². The van der Waals surface area contributed by atoms with Crippen LogP contribution in [0.2, 0.25) is 0 Å². The van der Waals surface area contributed by atoms with Gasteiger partial charge in [-0.1, -0.05) is 36.4 Å². The van der Waals surface area contributed by atoms with Crippen molar-refractivity contribution in [1.29, 1.82) is 0 Å². The van der Waals surface area contributed by atoms with Crippen LogP contribution in [0.1, 0.15) is 38.9 Å². The van der Waals surface area contributed by atoms with Crippen LogP contribution in [0.5, 0.6) is 0 Å². The van der Waals surface area contributed by atoms with Crippen LogP contribution in [0.25, 0.3) is 5.57 Å². The number of anilines is 2. The van der Waals surface area contributed by atoms with Crippen molar-refractivity contribution < 1.29 is 9.59 Å². The fourth-order valence-electron chi connectivity index (χ4n) is 4.18. The third-order valence-corrected chi connectivity index (χ3v) is 5.98. The lowest BCUT2D eigenvalue weighted by Crippen LogP contribution is -2.33. The van der Waals surface area contributed by atoms with Crippen molar-refractivity contribution in [2.75, 3.05) is 10.2 Å². The minimum atomic E-state index is -0.337. The van der Waals surface area contributed by atoms with Gasteiger partial charge in [0.05, 0.1) is 11.3 Å². The van der Waals surface area contributed by atoms with Gasteiger partial charge in [0.25, 0.3) is 11.8 Å². The van der Waals surface area contributed by atoms with Crippen LogP contribution in [-0.2, 0) is 9.59 Å². The molecule has 0 unspecified atom stereocenters. The molecule has 0 bridgehead atoms. The molecule has 0 aliphatic carbocycles. The lowest BCUT2D eigenvalue weighted by Gasteiger charge is -2.18. The molecule has 32 heavy (non-hydrogen) atoms. The molecule has 4 heteroatoms. The van der Waals surface area contributed by atoms with Gasteiger partial charge in [-0.2, -0.15) is 0 Å². The van der Waals surface area contributed by atoms with Gasteiger partial charge in [-0.15, -0.1) is 0 Å². The molecule has 0 radical (unpaired) electrons. The molecule has 1 aliphatic rings. The van der Waals surface area contributed by atoms with Crippen LogP contribution >= 0.6 is 0 Å². The number of nitrogens with one attached hydrogen (secondary N) is 1. The summed E-state index contributed by atoms with van der Waals surface area (Å²) in [6, 6.07) is 17.7. The van der Waals surface area contributed by atoms with Gasteiger partial charge in [-0.25, -0.2) is 4.90 Å². The maximum atomic E-state index is 13.7. The zero-order valence-electron chi connectivity index (χ0n) is 19.5. The first-order valence-electron chi connectivity index (χ1n) is 10.8. The number of imide groups is 1. The Hall–Kier alpha value is -3.66. The number of carbonyl (C=O) groups excluding carboxylic acids is 2. The van der Waals surface area contributed by atoms with Crippen molar-refractivity contribution in [3.63, 3.8) is 0 Å². The average Bonchev–Trinajstić information content (AvgIpc) is 2.95. The number of nitrogens with zero attached hydrogens (tertiary/aromatic N) is 1. The maximum Gasteiger partial charge on any atom is 0.282 e. The molecule has 0 aromatic heterocycles. The summed E-state index contributed by atoms with van der Waals surface area (Å²) in [6.07, 6.45) is 0. The first-order chi connectivity index (χ1) is 15.2. The van der Waals surface area contributed by atoms with E-state index in [1.54, 1.807) is 0 Å². The van der Waals surface area contributed by atoms with Crippen LogP contribution in [0.3, 0.4) is 0 Å². The first kappa shape index (κ1) is 21.6. The number of amides is 2. The molecule has 3 aromatic carbocycles. The van der Waals surface area contributed by atoms with Crippen LogP contribution < -0.4 is 10.2 Å². The predicted octanol–water partition coefficient (Wildman–Crippen LogP) is 5.93. The highest BCUT2D eigenvalue weighted by Crippen LogP contribution is 2.36. The van der Waals surface area contributed by atoms with E-state index in [0.29, 0.717) is 17.0 Å². The second kappa shape index (κ2) is 8.12. The van der Waals surface area contributed by atoms with E-state index < -0.39 is 0 Å². The average molecular weight is 425 g/mol.